The highest BCUT2D eigenvalue weighted by Crippen LogP contribution is 2.32. The topological polar surface area (TPSA) is 39.2 Å². The molecule has 0 aliphatic carbocycles. The largest absolute Gasteiger partial charge is 0.462 e. The van der Waals surface area contributed by atoms with E-state index in [0.29, 0.717) is 12.2 Å². The summed E-state index contributed by atoms with van der Waals surface area (Å²) in [4.78, 5) is 11.6. The lowest BCUT2D eigenvalue weighted by molar-refractivity contribution is 0.0519. The molecule has 1 aromatic heterocycles. The second-order valence-electron chi connectivity index (χ2n) is 2.28. The Hall–Kier alpha value is -0.200. The van der Waals surface area contributed by atoms with Crippen LogP contribution in [0.1, 0.15) is 17.3 Å². The Morgan fingerprint density at radius 1 is 1.50 bits per heavy atom. The van der Waals surface area contributed by atoms with E-state index >= 15 is 0 Å². The quantitative estimate of drug-likeness (QED) is 0.606. The van der Waals surface area contributed by atoms with Crippen LogP contribution in [0.25, 0.3) is 0 Å². The first-order chi connectivity index (χ1) is 6.74. The fourth-order valence-electron chi connectivity index (χ4n) is 0.914. The first-order valence-corrected chi connectivity index (χ1v) is 7.21. The Morgan fingerprint density at radius 3 is 2.71 bits per heavy atom. The van der Waals surface area contributed by atoms with Gasteiger partial charge in [-0.15, -0.1) is 23.5 Å². The van der Waals surface area contributed by atoms with E-state index in [2.05, 4.69) is 4.37 Å². The summed E-state index contributed by atoms with van der Waals surface area (Å²) < 4.78 is 10.1. The molecule has 0 aliphatic rings. The molecule has 78 valence electrons. The molecule has 1 rings (SSSR count). The van der Waals surface area contributed by atoms with Crippen molar-refractivity contribution in [2.24, 2.45) is 0 Å². The monoisotopic (exact) mass is 249 g/mol. The molecule has 0 saturated heterocycles. The average molecular weight is 249 g/mol. The van der Waals surface area contributed by atoms with Crippen LogP contribution in [-0.2, 0) is 4.74 Å². The number of esters is 1. The molecule has 0 radical (unpaired) electrons. The van der Waals surface area contributed by atoms with Gasteiger partial charge in [0.1, 0.15) is 10.6 Å². The highest BCUT2D eigenvalue weighted by molar-refractivity contribution is 8.01. The minimum absolute atomic E-state index is 0.269. The summed E-state index contributed by atoms with van der Waals surface area (Å²) in [6.45, 7) is 2.20. The summed E-state index contributed by atoms with van der Waals surface area (Å²) in [6.07, 6.45) is 3.84. The van der Waals surface area contributed by atoms with Crippen molar-refractivity contribution in [1.29, 1.82) is 0 Å². The molecule has 0 aliphatic heterocycles. The van der Waals surface area contributed by atoms with Crippen molar-refractivity contribution in [3.05, 3.63) is 5.56 Å². The van der Waals surface area contributed by atoms with Gasteiger partial charge in [-0.25, -0.2) is 4.79 Å². The molecule has 14 heavy (non-hydrogen) atoms. The van der Waals surface area contributed by atoms with Crippen LogP contribution >= 0.6 is 35.1 Å². The summed E-state index contributed by atoms with van der Waals surface area (Å²) >= 11 is 4.34. The molecule has 3 nitrogen and oxygen atoms in total. The second kappa shape index (κ2) is 5.63. The van der Waals surface area contributed by atoms with Gasteiger partial charge in [-0.3, -0.25) is 0 Å². The van der Waals surface area contributed by atoms with E-state index < -0.39 is 0 Å². The number of ether oxygens (including phenoxy) is 1. The maximum absolute atomic E-state index is 11.6. The predicted octanol–water partition coefficient (Wildman–Crippen LogP) is 2.76. The normalized spacial score (nSPS) is 10.2. The molecule has 0 amide bonds. The van der Waals surface area contributed by atoms with E-state index in [-0.39, 0.29) is 5.97 Å². The number of hydrogen-bond acceptors (Lipinski definition) is 6. The molecule has 1 aromatic rings. The smallest absolute Gasteiger partial charge is 0.342 e. The Morgan fingerprint density at radius 2 is 2.21 bits per heavy atom. The van der Waals surface area contributed by atoms with Gasteiger partial charge >= 0.3 is 5.97 Å². The second-order valence-corrected chi connectivity index (χ2v) is 4.92. The van der Waals surface area contributed by atoms with E-state index in [0.717, 1.165) is 9.24 Å². The summed E-state index contributed by atoms with van der Waals surface area (Å²) in [5, 5.41) is 0.762. The Bertz CT molecular complexity index is 303. The zero-order valence-electron chi connectivity index (χ0n) is 8.20. The highest BCUT2D eigenvalue weighted by atomic mass is 32.2. The predicted molar refractivity (Wildman–Crippen MR) is 61.6 cm³/mol. The third kappa shape index (κ3) is 2.43. The fraction of sp³-hybridized carbons (Fsp3) is 0.500. The molecule has 0 unspecified atom stereocenters. The maximum atomic E-state index is 11.6. The lowest BCUT2D eigenvalue weighted by Gasteiger charge is -2.02. The van der Waals surface area contributed by atoms with Gasteiger partial charge in [0.05, 0.1) is 10.8 Å². The third-order valence-electron chi connectivity index (χ3n) is 1.49. The highest BCUT2D eigenvalue weighted by Gasteiger charge is 2.20. The number of thioether (sulfide) groups is 2. The zero-order chi connectivity index (χ0) is 10.6. The van der Waals surface area contributed by atoms with Crippen LogP contribution in [0, 0.1) is 0 Å². The number of carbonyl (C=O) groups excluding carboxylic acids is 1. The number of carbonyl (C=O) groups is 1. The minimum Gasteiger partial charge on any atom is -0.462 e. The van der Waals surface area contributed by atoms with Gasteiger partial charge < -0.3 is 4.74 Å². The number of rotatable bonds is 4. The Balaban J connectivity index is 3.01. The Labute approximate surface area is 95.8 Å². The first-order valence-electron chi connectivity index (χ1n) is 3.99. The van der Waals surface area contributed by atoms with Gasteiger partial charge in [-0.1, -0.05) is 0 Å². The summed E-state index contributed by atoms with van der Waals surface area (Å²) in [5.74, 6) is -0.269. The minimum atomic E-state index is -0.269. The first kappa shape index (κ1) is 11.9. The van der Waals surface area contributed by atoms with Gasteiger partial charge in [-0.2, -0.15) is 4.37 Å². The van der Waals surface area contributed by atoms with Crippen LogP contribution in [0.15, 0.2) is 9.24 Å². The Kier molecular flexibility index (Phi) is 4.77. The van der Waals surface area contributed by atoms with Gasteiger partial charge in [0, 0.05) is 0 Å². The maximum Gasteiger partial charge on any atom is 0.342 e. The zero-order valence-corrected chi connectivity index (χ0v) is 10.6. The molecule has 0 N–H and O–H groups in total. The molecule has 0 atom stereocenters. The van der Waals surface area contributed by atoms with E-state index in [1.807, 2.05) is 12.5 Å². The third-order valence-corrected chi connectivity index (χ3v) is 4.23. The molecule has 6 heteroatoms. The summed E-state index contributed by atoms with van der Waals surface area (Å²) in [5.41, 5.74) is 0.622. The molecular weight excluding hydrogens is 238 g/mol. The molecule has 1 heterocycles. The van der Waals surface area contributed by atoms with Crippen LogP contribution in [-0.4, -0.2) is 29.5 Å². The molecule has 0 fully saturated rings. The van der Waals surface area contributed by atoms with Crippen molar-refractivity contribution in [2.45, 2.75) is 16.2 Å². The van der Waals surface area contributed by atoms with E-state index in [9.17, 15) is 4.79 Å². The van der Waals surface area contributed by atoms with E-state index in [4.69, 9.17) is 4.74 Å². The van der Waals surface area contributed by atoms with Crippen molar-refractivity contribution in [1.82, 2.24) is 4.37 Å². The van der Waals surface area contributed by atoms with Crippen molar-refractivity contribution >= 4 is 41.0 Å². The van der Waals surface area contributed by atoms with Gasteiger partial charge in [0.25, 0.3) is 0 Å². The summed E-state index contributed by atoms with van der Waals surface area (Å²) in [7, 11) is 0. The molecule has 0 bridgehead atoms. The fourth-order valence-corrected chi connectivity index (χ4v) is 3.17. The number of hydrogen-bond donors (Lipinski definition) is 0. The lowest BCUT2D eigenvalue weighted by Crippen LogP contribution is -2.05. The van der Waals surface area contributed by atoms with Crippen LogP contribution in [0.3, 0.4) is 0 Å². The molecule has 0 saturated carbocycles. The number of aromatic nitrogens is 1. The SMILES string of the molecule is CCOC(=O)c1c(SC)nsc1SC. The van der Waals surface area contributed by atoms with Gasteiger partial charge in [0.2, 0.25) is 0 Å². The van der Waals surface area contributed by atoms with Crippen LogP contribution in [0.5, 0.6) is 0 Å². The van der Waals surface area contributed by atoms with Gasteiger partial charge in [0.15, 0.2) is 0 Å². The molecule has 0 aromatic carbocycles. The molecule has 0 spiro atoms. The number of nitrogens with zero attached hydrogens (tertiary/aromatic N) is 1. The summed E-state index contributed by atoms with van der Waals surface area (Å²) in [6, 6.07) is 0. The average Bonchev–Trinajstić information content (AvgIpc) is 2.60. The van der Waals surface area contributed by atoms with Crippen LogP contribution in [0.2, 0.25) is 0 Å². The van der Waals surface area contributed by atoms with Crippen molar-refractivity contribution in [3.8, 4) is 0 Å². The molecular formula is C8H11NO2S3. The standard InChI is InChI=1S/C8H11NO2S3/c1-4-11-7(10)5-6(12-2)9-14-8(5)13-3/h4H2,1-3H3. The van der Waals surface area contributed by atoms with Crippen LogP contribution in [0.4, 0.5) is 0 Å². The van der Waals surface area contributed by atoms with Crippen molar-refractivity contribution in [2.75, 3.05) is 19.1 Å². The van der Waals surface area contributed by atoms with E-state index in [1.165, 1.54) is 35.1 Å². The van der Waals surface area contributed by atoms with Crippen LogP contribution < -0.4 is 0 Å². The van der Waals surface area contributed by atoms with Gasteiger partial charge in [-0.05, 0) is 31.0 Å². The van der Waals surface area contributed by atoms with Crippen molar-refractivity contribution in [3.63, 3.8) is 0 Å². The lowest BCUT2D eigenvalue weighted by atomic mass is 10.4. The van der Waals surface area contributed by atoms with Crippen molar-refractivity contribution < 1.29 is 9.53 Å². The van der Waals surface area contributed by atoms with E-state index in [1.54, 1.807) is 6.92 Å².